The largest absolute Gasteiger partial charge is 0.493 e. The molecule has 6 nitrogen and oxygen atoms in total. The Balaban J connectivity index is 1.70. The zero-order valence-corrected chi connectivity index (χ0v) is 16.8. The Bertz CT molecular complexity index is 979. The Morgan fingerprint density at radius 1 is 1.17 bits per heavy atom. The van der Waals surface area contributed by atoms with Gasteiger partial charge in [0.15, 0.2) is 11.5 Å². The highest BCUT2D eigenvalue weighted by Gasteiger charge is 2.16. The SMILES string of the molecule is COc1cc(C(=O)NC(C)c2ccc(F)cc2)ccc1OCc1c(C)noc1C. The number of aryl methyl sites for hydroxylation is 2. The number of benzene rings is 2. The van der Waals surface area contributed by atoms with Crippen molar-refractivity contribution in [3.8, 4) is 11.5 Å². The van der Waals surface area contributed by atoms with Gasteiger partial charge in [0.05, 0.1) is 24.4 Å². The second-order valence-electron chi connectivity index (χ2n) is 6.70. The molecule has 1 N–H and O–H groups in total. The molecule has 1 amide bonds. The fraction of sp³-hybridized carbons (Fsp3) is 0.273. The third-order valence-corrected chi connectivity index (χ3v) is 4.70. The number of carbonyl (C=O) groups excluding carboxylic acids is 1. The van der Waals surface area contributed by atoms with Crippen molar-refractivity contribution in [1.82, 2.24) is 10.5 Å². The maximum Gasteiger partial charge on any atom is 0.251 e. The monoisotopic (exact) mass is 398 g/mol. The maximum atomic E-state index is 13.1. The van der Waals surface area contributed by atoms with E-state index < -0.39 is 0 Å². The number of nitrogens with zero attached hydrogens (tertiary/aromatic N) is 1. The molecule has 3 aromatic rings. The molecule has 0 aliphatic rings. The molecule has 0 bridgehead atoms. The van der Waals surface area contributed by atoms with Crippen molar-refractivity contribution in [1.29, 1.82) is 0 Å². The number of carbonyl (C=O) groups is 1. The molecule has 29 heavy (non-hydrogen) atoms. The van der Waals surface area contributed by atoms with Gasteiger partial charge in [0.2, 0.25) is 0 Å². The number of methoxy groups -OCH3 is 1. The molecule has 1 heterocycles. The van der Waals surface area contributed by atoms with Gasteiger partial charge in [-0.05, 0) is 56.7 Å². The number of amides is 1. The second-order valence-corrected chi connectivity index (χ2v) is 6.70. The Morgan fingerprint density at radius 3 is 2.52 bits per heavy atom. The van der Waals surface area contributed by atoms with E-state index in [0.717, 1.165) is 16.8 Å². The Kier molecular flexibility index (Phi) is 6.16. The lowest BCUT2D eigenvalue weighted by molar-refractivity contribution is 0.0939. The Morgan fingerprint density at radius 2 is 1.90 bits per heavy atom. The summed E-state index contributed by atoms with van der Waals surface area (Å²) in [6.07, 6.45) is 0. The molecule has 0 aliphatic carbocycles. The van der Waals surface area contributed by atoms with Gasteiger partial charge in [-0.15, -0.1) is 0 Å². The number of rotatable bonds is 7. The summed E-state index contributed by atoms with van der Waals surface area (Å²) in [5.74, 6) is 1.07. The molecule has 0 fully saturated rings. The molecule has 0 saturated carbocycles. The molecule has 0 spiro atoms. The molecule has 152 valence electrons. The topological polar surface area (TPSA) is 73.6 Å². The predicted octanol–water partition coefficient (Wildman–Crippen LogP) is 4.51. The van der Waals surface area contributed by atoms with Crippen LogP contribution >= 0.6 is 0 Å². The first-order valence-corrected chi connectivity index (χ1v) is 9.18. The predicted molar refractivity (Wildman–Crippen MR) is 106 cm³/mol. The van der Waals surface area contributed by atoms with E-state index in [2.05, 4.69) is 10.5 Å². The van der Waals surface area contributed by atoms with Crippen LogP contribution in [0.1, 0.15) is 45.9 Å². The average molecular weight is 398 g/mol. The van der Waals surface area contributed by atoms with Crippen LogP contribution in [0.3, 0.4) is 0 Å². The highest BCUT2D eigenvalue weighted by molar-refractivity contribution is 5.95. The van der Waals surface area contributed by atoms with Crippen molar-refractivity contribution in [3.63, 3.8) is 0 Å². The van der Waals surface area contributed by atoms with Gasteiger partial charge in [-0.25, -0.2) is 4.39 Å². The fourth-order valence-electron chi connectivity index (χ4n) is 2.90. The van der Waals surface area contributed by atoms with Crippen LogP contribution in [0.2, 0.25) is 0 Å². The second kappa shape index (κ2) is 8.77. The van der Waals surface area contributed by atoms with Crippen LogP contribution in [0.25, 0.3) is 0 Å². The van der Waals surface area contributed by atoms with Gasteiger partial charge in [-0.3, -0.25) is 4.79 Å². The summed E-state index contributed by atoms with van der Waals surface area (Å²) in [6.45, 7) is 5.79. The van der Waals surface area contributed by atoms with E-state index in [4.69, 9.17) is 14.0 Å². The zero-order chi connectivity index (χ0) is 21.0. The van der Waals surface area contributed by atoms with Crippen molar-refractivity contribution in [2.45, 2.75) is 33.4 Å². The minimum absolute atomic E-state index is 0.266. The highest BCUT2D eigenvalue weighted by atomic mass is 19.1. The van der Waals surface area contributed by atoms with Gasteiger partial charge < -0.3 is 19.3 Å². The van der Waals surface area contributed by atoms with Gasteiger partial charge in [0, 0.05) is 5.56 Å². The minimum Gasteiger partial charge on any atom is -0.493 e. The van der Waals surface area contributed by atoms with Crippen LogP contribution in [0, 0.1) is 19.7 Å². The maximum absolute atomic E-state index is 13.1. The Hall–Kier alpha value is -3.35. The van der Waals surface area contributed by atoms with E-state index in [1.165, 1.54) is 19.2 Å². The fourth-order valence-corrected chi connectivity index (χ4v) is 2.90. The summed E-state index contributed by atoms with van der Waals surface area (Å²) in [5, 5.41) is 6.80. The van der Waals surface area contributed by atoms with Crippen molar-refractivity contribution >= 4 is 5.91 Å². The summed E-state index contributed by atoms with van der Waals surface area (Å²) >= 11 is 0. The molecule has 0 radical (unpaired) electrons. The van der Waals surface area contributed by atoms with E-state index in [0.29, 0.717) is 22.8 Å². The van der Waals surface area contributed by atoms with Gasteiger partial charge in [-0.2, -0.15) is 0 Å². The van der Waals surface area contributed by atoms with Crippen LogP contribution in [0.15, 0.2) is 47.0 Å². The van der Waals surface area contributed by atoms with Crippen LogP contribution in [-0.4, -0.2) is 18.2 Å². The third-order valence-electron chi connectivity index (χ3n) is 4.70. The molecular weight excluding hydrogens is 375 g/mol. The number of nitrogens with one attached hydrogen (secondary N) is 1. The number of hydrogen-bond donors (Lipinski definition) is 1. The smallest absolute Gasteiger partial charge is 0.251 e. The van der Waals surface area contributed by atoms with Crippen molar-refractivity contribution in [3.05, 3.63) is 76.4 Å². The lowest BCUT2D eigenvalue weighted by atomic mass is 10.1. The first kappa shape index (κ1) is 20.4. The summed E-state index contributed by atoms with van der Waals surface area (Å²) in [6, 6.07) is 10.7. The zero-order valence-electron chi connectivity index (χ0n) is 16.8. The van der Waals surface area contributed by atoms with Crippen LogP contribution in [-0.2, 0) is 6.61 Å². The molecule has 7 heteroatoms. The van der Waals surface area contributed by atoms with Gasteiger partial charge in [0.1, 0.15) is 18.2 Å². The standard InChI is InChI=1S/C22H23FN2O4/c1-13(16-5-8-18(23)9-6-16)24-22(26)17-7-10-20(21(11-17)27-4)28-12-19-14(2)25-29-15(19)3/h5-11,13H,12H2,1-4H3,(H,24,26). The van der Waals surface area contributed by atoms with Gasteiger partial charge in [-0.1, -0.05) is 17.3 Å². The van der Waals surface area contributed by atoms with E-state index in [1.807, 2.05) is 20.8 Å². The van der Waals surface area contributed by atoms with E-state index >= 15 is 0 Å². The summed E-state index contributed by atoms with van der Waals surface area (Å²) < 4.78 is 29.4. The van der Waals surface area contributed by atoms with Crippen molar-refractivity contribution in [2.24, 2.45) is 0 Å². The third kappa shape index (κ3) is 4.74. The average Bonchev–Trinajstić information content (AvgIpc) is 3.04. The molecule has 0 saturated heterocycles. The Labute approximate surface area is 168 Å². The molecule has 0 aliphatic heterocycles. The first-order chi connectivity index (χ1) is 13.9. The number of ether oxygens (including phenoxy) is 2. The van der Waals surface area contributed by atoms with E-state index in [-0.39, 0.29) is 24.4 Å². The molecule has 2 aromatic carbocycles. The highest BCUT2D eigenvalue weighted by Crippen LogP contribution is 2.30. The molecule has 1 atom stereocenters. The first-order valence-electron chi connectivity index (χ1n) is 9.18. The summed E-state index contributed by atoms with van der Waals surface area (Å²) in [4.78, 5) is 12.6. The van der Waals surface area contributed by atoms with E-state index in [9.17, 15) is 9.18 Å². The van der Waals surface area contributed by atoms with Crippen LogP contribution in [0.4, 0.5) is 4.39 Å². The number of aromatic nitrogens is 1. The minimum atomic E-state index is -0.316. The molecular formula is C22H23FN2O4. The summed E-state index contributed by atoms with van der Waals surface area (Å²) in [5.41, 5.74) is 2.89. The van der Waals surface area contributed by atoms with Crippen LogP contribution in [0.5, 0.6) is 11.5 Å². The number of hydrogen-bond acceptors (Lipinski definition) is 5. The van der Waals surface area contributed by atoms with E-state index in [1.54, 1.807) is 30.3 Å². The van der Waals surface area contributed by atoms with Gasteiger partial charge >= 0.3 is 0 Å². The van der Waals surface area contributed by atoms with Crippen molar-refractivity contribution < 1.29 is 23.2 Å². The lowest BCUT2D eigenvalue weighted by Crippen LogP contribution is -2.26. The molecule has 1 unspecified atom stereocenters. The number of halogens is 1. The lowest BCUT2D eigenvalue weighted by Gasteiger charge is -2.16. The van der Waals surface area contributed by atoms with Crippen molar-refractivity contribution in [2.75, 3.05) is 7.11 Å². The molecule has 1 aromatic heterocycles. The quantitative estimate of drug-likeness (QED) is 0.634. The normalized spacial score (nSPS) is 11.8. The summed E-state index contributed by atoms with van der Waals surface area (Å²) in [7, 11) is 1.51. The molecule has 3 rings (SSSR count). The van der Waals surface area contributed by atoms with Gasteiger partial charge in [0.25, 0.3) is 5.91 Å². The van der Waals surface area contributed by atoms with Crippen LogP contribution < -0.4 is 14.8 Å².